The lowest BCUT2D eigenvalue weighted by atomic mass is 9.83. The molecule has 1 aliphatic rings. The quantitative estimate of drug-likeness (QED) is 0.899. The first-order valence-corrected chi connectivity index (χ1v) is 7.36. The van der Waals surface area contributed by atoms with E-state index >= 15 is 0 Å². The molecule has 1 unspecified atom stereocenters. The molecule has 0 aliphatic heterocycles. The van der Waals surface area contributed by atoms with Gasteiger partial charge >= 0.3 is 0 Å². The van der Waals surface area contributed by atoms with E-state index in [1.807, 2.05) is 18.2 Å². The number of aryl methyl sites for hydroxylation is 1. The molecule has 0 heterocycles. The van der Waals surface area contributed by atoms with Crippen LogP contribution in [0.25, 0.3) is 11.1 Å². The van der Waals surface area contributed by atoms with E-state index in [9.17, 15) is 13.6 Å². The predicted molar refractivity (Wildman–Crippen MR) is 81.5 cm³/mol. The first-order chi connectivity index (χ1) is 10.5. The van der Waals surface area contributed by atoms with Crippen molar-refractivity contribution in [3.63, 3.8) is 0 Å². The minimum absolute atomic E-state index is 0.418. The zero-order chi connectivity index (χ0) is 15.9. The van der Waals surface area contributed by atoms with Crippen LogP contribution < -0.4 is 5.73 Å². The summed E-state index contributed by atoms with van der Waals surface area (Å²) in [6.45, 7) is 2.23. The van der Waals surface area contributed by atoms with Crippen molar-refractivity contribution >= 4 is 5.91 Å². The molecular weight excluding hydrogens is 284 g/mol. The number of fused-ring (bicyclic) bond motifs is 1. The average Bonchev–Trinajstić information content (AvgIpc) is 2.45. The monoisotopic (exact) mass is 301 g/mol. The molecule has 1 atom stereocenters. The molecule has 4 heteroatoms. The van der Waals surface area contributed by atoms with Crippen molar-refractivity contribution in [3.8, 4) is 11.1 Å². The molecule has 0 spiro atoms. The normalized spacial score (nSPS) is 17.1. The maximum absolute atomic E-state index is 13.9. The first kappa shape index (κ1) is 14.7. The summed E-state index contributed by atoms with van der Waals surface area (Å²) >= 11 is 0. The predicted octanol–water partition coefficient (Wildman–Crippen LogP) is 3.86. The Morgan fingerprint density at radius 3 is 2.41 bits per heavy atom. The zero-order valence-electron chi connectivity index (χ0n) is 12.3. The Morgan fingerprint density at radius 1 is 1.09 bits per heavy atom. The smallest absolute Gasteiger partial charge is 0.254 e. The van der Waals surface area contributed by atoms with Crippen LogP contribution in [0.3, 0.4) is 0 Å². The van der Waals surface area contributed by atoms with Crippen LogP contribution in [-0.2, 0) is 12.8 Å². The molecule has 114 valence electrons. The summed E-state index contributed by atoms with van der Waals surface area (Å²) in [5.74, 6) is -2.27. The Hall–Kier alpha value is -2.23. The Kier molecular flexibility index (Phi) is 3.69. The van der Waals surface area contributed by atoms with Gasteiger partial charge in [-0.05, 0) is 59.6 Å². The van der Waals surface area contributed by atoms with E-state index in [1.54, 1.807) is 0 Å². The standard InChI is InChI=1S/C18H17F2NO/c1-10-2-3-12-7-13(5-4-11(12)6-10)14-8-15(19)17(18(21)22)16(20)9-14/h4-5,7-10H,2-3,6H2,1H3,(H2,21,22). The number of carbonyl (C=O) groups is 1. The molecule has 2 N–H and O–H groups in total. The lowest BCUT2D eigenvalue weighted by Gasteiger charge is -2.22. The fraction of sp³-hybridized carbons (Fsp3) is 0.278. The highest BCUT2D eigenvalue weighted by molar-refractivity contribution is 5.94. The van der Waals surface area contributed by atoms with E-state index in [2.05, 4.69) is 6.92 Å². The van der Waals surface area contributed by atoms with E-state index in [0.717, 1.165) is 37.0 Å². The van der Waals surface area contributed by atoms with Crippen molar-refractivity contribution < 1.29 is 13.6 Å². The number of hydrogen-bond acceptors (Lipinski definition) is 1. The van der Waals surface area contributed by atoms with Gasteiger partial charge in [-0.1, -0.05) is 25.1 Å². The number of primary amides is 1. The van der Waals surface area contributed by atoms with Crippen molar-refractivity contribution in [1.82, 2.24) is 0 Å². The SMILES string of the molecule is CC1CCc2cc(-c3cc(F)c(C(N)=O)c(F)c3)ccc2C1. The maximum atomic E-state index is 13.9. The van der Waals surface area contributed by atoms with Crippen LogP contribution >= 0.6 is 0 Å². The van der Waals surface area contributed by atoms with Gasteiger partial charge in [-0.2, -0.15) is 0 Å². The third-order valence-electron chi connectivity index (χ3n) is 4.30. The molecule has 2 aromatic rings. The number of nitrogens with two attached hydrogens (primary N) is 1. The summed E-state index contributed by atoms with van der Waals surface area (Å²) in [5.41, 5.74) is 8.01. The molecule has 0 saturated heterocycles. The highest BCUT2D eigenvalue weighted by atomic mass is 19.1. The Morgan fingerprint density at radius 2 is 1.77 bits per heavy atom. The van der Waals surface area contributed by atoms with Crippen molar-refractivity contribution in [2.75, 3.05) is 0 Å². The Bertz CT molecular complexity index is 732. The second kappa shape index (κ2) is 5.52. The molecule has 0 radical (unpaired) electrons. The summed E-state index contributed by atoms with van der Waals surface area (Å²) < 4.78 is 27.8. The lowest BCUT2D eigenvalue weighted by Crippen LogP contribution is -2.15. The Balaban J connectivity index is 2.03. The molecule has 22 heavy (non-hydrogen) atoms. The molecule has 1 amide bonds. The van der Waals surface area contributed by atoms with E-state index in [4.69, 9.17) is 5.73 Å². The summed E-state index contributed by atoms with van der Waals surface area (Å²) in [6.07, 6.45) is 3.15. The van der Waals surface area contributed by atoms with Crippen LogP contribution in [0.5, 0.6) is 0 Å². The number of halogens is 2. The lowest BCUT2D eigenvalue weighted by molar-refractivity contribution is 0.0992. The number of hydrogen-bond donors (Lipinski definition) is 1. The minimum atomic E-state index is -1.10. The number of rotatable bonds is 2. The summed E-state index contributed by atoms with van der Waals surface area (Å²) in [4.78, 5) is 11.1. The number of benzene rings is 2. The van der Waals surface area contributed by atoms with Gasteiger partial charge in [0.2, 0.25) is 0 Å². The van der Waals surface area contributed by atoms with E-state index < -0.39 is 23.1 Å². The maximum Gasteiger partial charge on any atom is 0.254 e. The van der Waals surface area contributed by atoms with Crippen molar-refractivity contribution in [2.24, 2.45) is 11.7 Å². The van der Waals surface area contributed by atoms with Crippen LogP contribution in [0.1, 0.15) is 34.8 Å². The molecule has 2 nitrogen and oxygen atoms in total. The van der Waals surface area contributed by atoms with Crippen LogP contribution in [0.2, 0.25) is 0 Å². The van der Waals surface area contributed by atoms with E-state index in [0.29, 0.717) is 11.5 Å². The zero-order valence-corrected chi connectivity index (χ0v) is 12.3. The largest absolute Gasteiger partial charge is 0.365 e. The highest BCUT2D eigenvalue weighted by Crippen LogP contribution is 2.31. The van der Waals surface area contributed by atoms with Gasteiger partial charge in [-0.15, -0.1) is 0 Å². The van der Waals surface area contributed by atoms with Gasteiger partial charge in [-0.3, -0.25) is 4.79 Å². The van der Waals surface area contributed by atoms with Gasteiger partial charge in [0, 0.05) is 0 Å². The average molecular weight is 301 g/mol. The van der Waals surface area contributed by atoms with Crippen molar-refractivity contribution in [3.05, 3.63) is 58.7 Å². The number of amides is 1. The molecule has 0 bridgehead atoms. The Labute approximate surface area is 128 Å². The van der Waals surface area contributed by atoms with E-state index in [1.165, 1.54) is 11.1 Å². The molecule has 2 aromatic carbocycles. The number of carbonyl (C=O) groups excluding carboxylic acids is 1. The molecule has 1 aliphatic carbocycles. The molecule has 0 aromatic heterocycles. The fourth-order valence-electron chi connectivity index (χ4n) is 3.09. The topological polar surface area (TPSA) is 43.1 Å². The van der Waals surface area contributed by atoms with Gasteiger partial charge in [-0.25, -0.2) is 8.78 Å². The summed E-state index contributed by atoms with van der Waals surface area (Å²) in [6, 6.07) is 8.21. The summed E-state index contributed by atoms with van der Waals surface area (Å²) in [7, 11) is 0. The van der Waals surface area contributed by atoms with Gasteiger partial charge in [0.15, 0.2) is 0 Å². The highest BCUT2D eigenvalue weighted by Gasteiger charge is 2.19. The van der Waals surface area contributed by atoms with E-state index in [-0.39, 0.29) is 0 Å². The second-order valence-corrected chi connectivity index (χ2v) is 6.01. The summed E-state index contributed by atoms with van der Waals surface area (Å²) in [5, 5.41) is 0. The van der Waals surface area contributed by atoms with Crippen LogP contribution in [-0.4, -0.2) is 5.91 Å². The van der Waals surface area contributed by atoms with Crippen molar-refractivity contribution in [1.29, 1.82) is 0 Å². The van der Waals surface area contributed by atoms with Crippen LogP contribution in [0, 0.1) is 17.6 Å². The van der Waals surface area contributed by atoms with Gasteiger partial charge < -0.3 is 5.73 Å². The second-order valence-electron chi connectivity index (χ2n) is 6.01. The molecule has 0 saturated carbocycles. The molecule has 3 rings (SSSR count). The fourth-order valence-corrected chi connectivity index (χ4v) is 3.09. The minimum Gasteiger partial charge on any atom is -0.365 e. The van der Waals surface area contributed by atoms with Gasteiger partial charge in [0.1, 0.15) is 17.2 Å². The third-order valence-corrected chi connectivity index (χ3v) is 4.30. The van der Waals surface area contributed by atoms with Crippen LogP contribution in [0.15, 0.2) is 30.3 Å². The first-order valence-electron chi connectivity index (χ1n) is 7.36. The third kappa shape index (κ3) is 2.61. The molecule has 0 fully saturated rings. The van der Waals surface area contributed by atoms with Crippen molar-refractivity contribution in [2.45, 2.75) is 26.2 Å². The van der Waals surface area contributed by atoms with Gasteiger partial charge in [0.05, 0.1) is 0 Å². The molecular formula is C18H17F2NO. The van der Waals surface area contributed by atoms with Gasteiger partial charge in [0.25, 0.3) is 5.91 Å². The van der Waals surface area contributed by atoms with Crippen LogP contribution in [0.4, 0.5) is 8.78 Å².